The molecule has 0 aromatic heterocycles. The Labute approximate surface area is 117 Å². The lowest BCUT2D eigenvalue weighted by Gasteiger charge is -2.34. The van der Waals surface area contributed by atoms with E-state index in [-0.39, 0.29) is 5.91 Å². The zero-order valence-corrected chi connectivity index (χ0v) is 12.4. The van der Waals surface area contributed by atoms with Crippen LogP contribution in [0.5, 0.6) is 0 Å². The van der Waals surface area contributed by atoms with Crippen molar-refractivity contribution in [1.82, 2.24) is 4.90 Å². The van der Waals surface area contributed by atoms with E-state index in [1.54, 1.807) is 0 Å². The Balaban J connectivity index is 2.13. The predicted molar refractivity (Wildman–Crippen MR) is 78.3 cm³/mol. The van der Waals surface area contributed by atoms with Crippen molar-refractivity contribution in [3.63, 3.8) is 0 Å². The van der Waals surface area contributed by atoms with Crippen molar-refractivity contribution in [3.8, 4) is 0 Å². The van der Waals surface area contributed by atoms with Gasteiger partial charge in [-0.1, -0.05) is 35.0 Å². The van der Waals surface area contributed by atoms with Crippen LogP contribution in [0.1, 0.15) is 42.1 Å². The van der Waals surface area contributed by atoms with Gasteiger partial charge in [-0.15, -0.1) is 0 Å². The quantitative estimate of drug-likeness (QED) is 0.781. The Hall–Kier alpha value is -0.830. The number of rotatable bonds is 3. The summed E-state index contributed by atoms with van der Waals surface area (Å²) in [6, 6.07) is 8.39. The molecule has 1 atom stereocenters. The molecule has 2 nitrogen and oxygen atoms in total. The summed E-state index contributed by atoms with van der Waals surface area (Å²) in [5.74, 6) is 0.182. The van der Waals surface area contributed by atoms with Gasteiger partial charge in [0.2, 0.25) is 0 Å². The molecule has 0 saturated carbocycles. The third-order valence-corrected chi connectivity index (χ3v) is 4.42. The van der Waals surface area contributed by atoms with Crippen LogP contribution in [0.15, 0.2) is 24.3 Å². The normalized spacial score (nSPS) is 19.9. The van der Waals surface area contributed by atoms with E-state index < -0.39 is 0 Å². The van der Waals surface area contributed by atoms with Crippen LogP contribution in [-0.2, 0) is 6.42 Å². The molecule has 1 saturated heterocycles. The van der Waals surface area contributed by atoms with Gasteiger partial charge in [0, 0.05) is 23.5 Å². The largest absolute Gasteiger partial charge is 0.335 e. The van der Waals surface area contributed by atoms with E-state index in [0.717, 1.165) is 36.7 Å². The Morgan fingerprint density at radius 2 is 2.06 bits per heavy atom. The number of amides is 1. The van der Waals surface area contributed by atoms with Crippen molar-refractivity contribution in [2.75, 3.05) is 11.9 Å². The van der Waals surface area contributed by atoms with Crippen molar-refractivity contribution >= 4 is 21.8 Å². The molecule has 1 aliphatic heterocycles. The van der Waals surface area contributed by atoms with Crippen LogP contribution in [0, 0.1) is 0 Å². The van der Waals surface area contributed by atoms with Crippen LogP contribution in [0.3, 0.4) is 0 Å². The highest BCUT2D eigenvalue weighted by atomic mass is 79.9. The first kappa shape index (κ1) is 13.6. The molecular formula is C15H20BrNO. The second-order valence-corrected chi connectivity index (χ2v) is 5.50. The number of piperidine rings is 1. The van der Waals surface area contributed by atoms with Crippen molar-refractivity contribution in [1.29, 1.82) is 0 Å². The maximum Gasteiger partial charge on any atom is 0.254 e. The molecule has 2 rings (SSSR count). The number of nitrogens with zero attached hydrogens (tertiary/aromatic N) is 1. The van der Waals surface area contributed by atoms with Gasteiger partial charge in [0.25, 0.3) is 5.91 Å². The number of halogens is 1. The van der Waals surface area contributed by atoms with Crippen LogP contribution in [0.4, 0.5) is 0 Å². The summed E-state index contributed by atoms with van der Waals surface area (Å²) in [6.07, 6.45) is 4.49. The highest BCUT2D eigenvalue weighted by Gasteiger charge is 2.26. The standard InChI is InChI=1S/C15H20BrNO/c1-2-12-6-8-13(9-7-12)15(18)17-10-4-3-5-14(17)11-16/h6-9,14H,2-5,10-11H2,1H3. The summed E-state index contributed by atoms with van der Waals surface area (Å²) in [6.45, 7) is 3.02. The van der Waals surface area contributed by atoms with E-state index in [1.165, 1.54) is 12.0 Å². The number of carbonyl (C=O) groups excluding carboxylic acids is 1. The van der Waals surface area contributed by atoms with Crippen molar-refractivity contribution in [3.05, 3.63) is 35.4 Å². The molecule has 0 spiro atoms. The van der Waals surface area contributed by atoms with Crippen LogP contribution < -0.4 is 0 Å². The van der Waals surface area contributed by atoms with Gasteiger partial charge >= 0.3 is 0 Å². The van der Waals surface area contributed by atoms with Crippen LogP contribution in [0.25, 0.3) is 0 Å². The van der Waals surface area contributed by atoms with E-state index in [0.29, 0.717) is 6.04 Å². The Kier molecular flexibility index (Phi) is 4.81. The average Bonchev–Trinajstić information content (AvgIpc) is 2.46. The van der Waals surface area contributed by atoms with Gasteiger partial charge in [0.15, 0.2) is 0 Å². The number of alkyl halides is 1. The van der Waals surface area contributed by atoms with Gasteiger partial charge in [-0.2, -0.15) is 0 Å². The summed E-state index contributed by atoms with van der Waals surface area (Å²) in [4.78, 5) is 14.5. The summed E-state index contributed by atoms with van der Waals surface area (Å²) in [5.41, 5.74) is 2.10. The minimum absolute atomic E-state index is 0.182. The summed E-state index contributed by atoms with van der Waals surface area (Å²) >= 11 is 3.52. The van der Waals surface area contributed by atoms with E-state index in [9.17, 15) is 4.79 Å². The molecule has 1 fully saturated rings. The summed E-state index contributed by atoms with van der Waals surface area (Å²) in [7, 11) is 0. The molecule has 1 unspecified atom stereocenters. The fourth-order valence-electron chi connectivity index (χ4n) is 2.48. The highest BCUT2D eigenvalue weighted by Crippen LogP contribution is 2.21. The van der Waals surface area contributed by atoms with Crippen LogP contribution >= 0.6 is 15.9 Å². The van der Waals surface area contributed by atoms with Crippen molar-refractivity contribution in [2.45, 2.75) is 38.6 Å². The second-order valence-electron chi connectivity index (χ2n) is 4.85. The molecule has 1 heterocycles. The number of likely N-dealkylation sites (tertiary alicyclic amines) is 1. The minimum Gasteiger partial charge on any atom is -0.335 e. The molecular weight excluding hydrogens is 290 g/mol. The first-order valence-electron chi connectivity index (χ1n) is 6.72. The van der Waals surface area contributed by atoms with Crippen LogP contribution in [0.2, 0.25) is 0 Å². The van der Waals surface area contributed by atoms with Crippen molar-refractivity contribution in [2.24, 2.45) is 0 Å². The first-order chi connectivity index (χ1) is 8.76. The molecule has 0 radical (unpaired) electrons. The lowest BCUT2D eigenvalue weighted by atomic mass is 10.0. The van der Waals surface area contributed by atoms with Gasteiger partial charge in [-0.05, 0) is 43.4 Å². The van der Waals surface area contributed by atoms with Gasteiger partial charge in [0.1, 0.15) is 0 Å². The lowest BCUT2D eigenvalue weighted by molar-refractivity contribution is 0.0642. The van der Waals surface area contributed by atoms with E-state index in [2.05, 4.69) is 35.0 Å². The number of aryl methyl sites for hydroxylation is 1. The van der Waals surface area contributed by atoms with E-state index >= 15 is 0 Å². The zero-order chi connectivity index (χ0) is 13.0. The Bertz CT molecular complexity index is 401. The third-order valence-electron chi connectivity index (χ3n) is 3.68. The maximum absolute atomic E-state index is 12.5. The summed E-state index contributed by atoms with van der Waals surface area (Å²) in [5, 5.41) is 0.881. The van der Waals surface area contributed by atoms with Gasteiger partial charge in [-0.25, -0.2) is 0 Å². The van der Waals surface area contributed by atoms with Gasteiger partial charge in [0.05, 0.1) is 0 Å². The second kappa shape index (κ2) is 6.37. The maximum atomic E-state index is 12.5. The number of benzene rings is 1. The third kappa shape index (κ3) is 2.94. The molecule has 98 valence electrons. The first-order valence-corrected chi connectivity index (χ1v) is 7.84. The average molecular weight is 310 g/mol. The fraction of sp³-hybridized carbons (Fsp3) is 0.533. The topological polar surface area (TPSA) is 20.3 Å². The van der Waals surface area contributed by atoms with E-state index in [1.807, 2.05) is 17.0 Å². The number of hydrogen-bond acceptors (Lipinski definition) is 1. The Morgan fingerprint density at radius 1 is 1.33 bits per heavy atom. The molecule has 0 bridgehead atoms. The number of hydrogen-bond donors (Lipinski definition) is 0. The molecule has 0 aliphatic carbocycles. The smallest absolute Gasteiger partial charge is 0.254 e. The van der Waals surface area contributed by atoms with Gasteiger partial charge < -0.3 is 4.90 Å². The van der Waals surface area contributed by atoms with E-state index in [4.69, 9.17) is 0 Å². The fourth-order valence-corrected chi connectivity index (χ4v) is 3.15. The molecule has 1 aromatic carbocycles. The Morgan fingerprint density at radius 3 is 2.67 bits per heavy atom. The number of carbonyl (C=O) groups is 1. The molecule has 1 aliphatic rings. The summed E-state index contributed by atoms with van der Waals surface area (Å²) < 4.78 is 0. The molecule has 3 heteroatoms. The highest BCUT2D eigenvalue weighted by molar-refractivity contribution is 9.09. The molecule has 1 aromatic rings. The predicted octanol–water partition coefficient (Wildman–Crippen LogP) is 3.64. The molecule has 1 amide bonds. The monoisotopic (exact) mass is 309 g/mol. The molecule has 0 N–H and O–H groups in total. The minimum atomic E-state index is 0.182. The SMILES string of the molecule is CCc1ccc(C(=O)N2CCCCC2CBr)cc1. The van der Waals surface area contributed by atoms with Crippen molar-refractivity contribution < 1.29 is 4.79 Å². The van der Waals surface area contributed by atoms with Crippen LogP contribution in [-0.4, -0.2) is 28.7 Å². The zero-order valence-electron chi connectivity index (χ0n) is 10.9. The van der Waals surface area contributed by atoms with Gasteiger partial charge in [-0.3, -0.25) is 4.79 Å². The molecule has 18 heavy (non-hydrogen) atoms. The lowest BCUT2D eigenvalue weighted by Crippen LogP contribution is -2.44.